The largest absolute Gasteiger partial charge is 0.357 e. The Morgan fingerprint density at radius 3 is 2.83 bits per heavy atom. The molecule has 1 aliphatic rings. The molecule has 2 aromatic carbocycles. The monoisotopic (exact) mass is 518 g/mol. The van der Waals surface area contributed by atoms with E-state index in [9.17, 15) is 0 Å². The highest BCUT2D eigenvalue weighted by Gasteiger charge is 2.22. The second kappa shape index (κ2) is 10.7. The average Bonchev–Trinajstić information content (AvgIpc) is 3.16. The molecule has 1 aliphatic heterocycles. The van der Waals surface area contributed by atoms with Crippen molar-refractivity contribution in [3.63, 3.8) is 0 Å². The summed E-state index contributed by atoms with van der Waals surface area (Å²) in [6.45, 7) is 6.65. The van der Waals surface area contributed by atoms with Crippen molar-refractivity contribution in [3.05, 3.63) is 59.7 Å². The van der Waals surface area contributed by atoms with Gasteiger partial charge in [0.15, 0.2) is 11.8 Å². The van der Waals surface area contributed by atoms with Gasteiger partial charge in [-0.15, -0.1) is 24.0 Å². The third kappa shape index (κ3) is 5.30. The molecular weight excluding hydrogens is 487 g/mol. The number of halogens is 1. The Morgan fingerprint density at radius 2 is 2.00 bits per heavy atom. The molecule has 1 unspecified atom stereocenters. The first kappa shape index (κ1) is 22.5. The highest BCUT2D eigenvalue weighted by molar-refractivity contribution is 14.0. The standard InChI is InChI=1S/C23H30N6.HI/c1-3-21-27-22-13-12-19(16-29(22)28-21)26-23(24-4-2)25-15-14-18-10-7-9-17-8-5-6-11-20(17)18;/h5-11,19H,3-4,12-16H2,1-2H3,(H2,24,25,26);1H. The molecule has 2 heterocycles. The van der Waals surface area contributed by atoms with Crippen molar-refractivity contribution in [2.24, 2.45) is 4.99 Å². The van der Waals surface area contributed by atoms with E-state index < -0.39 is 0 Å². The van der Waals surface area contributed by atoms with Crippen LogP contribution in [0, 0.1) is 0 Å². The molecule has 0 saturated carbocycles. The van der Waals surface area contributed by atoms with Crippen molar-refractivity contribution in [3.8, 4) is 0 Å². The molecule has 0 spiro atoms. The fourth-order valence-electron chi connectivity index (χ4n) is 3.94. The number of nitrogens with zero attached hydrogens (tertiary/aromatic N) is 4. The summed E-state index contributed by atoms with van der Waals surface area (Å²) in [6.07, 6.45) is 3.82. The maximum Gasteiger partial charge on any atom is 0.191 e. The number of hydrogen-bond donors (Lipinski definition) is 2. The van der Waals surface area contributed by atoms with Crippen LogP contribution in [0.3, 0.4) is 0 Å². The molecule has 0 amide bonds. The van der Waals surface area contributed by atoms with Gasteiger partial charge < -0.3 is 10.6 Å². The number of aryl methyl sites for hydroxylation is 2. The van der Waals surface area contributed by atoms with Gasteiger partial charge in [0.1, 0.15) is 5.82 Å². The smallest absolute Gasteiger partial charge is 0.191 e. The summed E-state index contributed by atoms with van der Waals surface area (Å²) < 4.78 is 2.06. The van der Waals surface area contributed by atoms with Crippen molar-refractivity contribution in [1.29, 1.82) is 0 Å². The molecule has 160 valence electrons. The summed E-state index contributed by atoms with van der Waals surface area (Å²) in [4.78, 5) is 9.44. The first-order valence-electron chi connectivity index (χ1n) is 10.7. The number of benzene rings is 2. The van der Waals surface area contributed by atoms with Crippen molar-refractivity contribution in [1.82, 2.24) is 25.4 Å². The SMILES string of the molecule is CCNC(=NCCc1cccc2ccccc12)NC1CCc2nc(CC)nn2C1.I. The molecular formula is C23H31IN6. The zero-order chi connectivity index (χ0) is 20.1. The third-order valence-corrected chi connectivity index (χ3v) is 5.43. The highest BCUT2D eigenvalue weighted by atomic mass is 127. The van der Waals surface area contributed by atoms with Gasteiger partial charge in [0.2, 0.25) is 0 Å². The van der Waals surface area contributed by atoms with E-state index in [1.165, 1.54) is 16.3 Å². The fraction of sp³-hybridized carbons (Fsp3) is 0.435. The first-order chi connectivity index (χ1) is 14.3. The van der Waals surface area contributed by atoms with E-state index in [0.29, 0.717) is 6.04 Å². The minimum Gasteiger partial charge on any atom is -0.357 e. The highest BCUT2D eigenvalue weighted by Crippen LogP contribution is 2.19. The summed E-state index contributed by atoms with van der Waals surface area (Å²) in [5.74, 6) is 2.94. The lowest BCUT2D eigenvalue weighted by Crippen LogP contribution is -2.47. The van der Waals surface area contributed by atoms with Crippen molar-refractivity contribution in [2.75, 3.05) is 13.1 Å². The van der Waals surface area contributed by atoms with Gasteiger partial charge in [0, 0.05) is 32.0 Å². The summed E-state index contributed by atoms with van der Waals surface area (Å²) in [5, 5.41) is 14.2. The van der Waals surface area contributed by atoms with E-state index in [4.69, 9.17) is 4.99 Å². The zero-order valence-electron chi connectivity index (χ0n) is 17.8. The van der Waals surface area contributed by atoms with E-state index >= 15 is 0 Å². The molecule has 0 saturated heterocycles. The molecule has 2 N–H and O–H groups in total. The fourth-order valence-corrected chi connectivity index (χ4v) is 3.94. The van der Waals surface area contributed by atoms with Gasteiger partial charge >= 0.3 is 0 Å². The quantitative estimate of drug-likeness (QED) is 0.297. The van der Waals surface area contributed by atoms with Crippen LogP contribution in [-0.4, -0.2) is 39.9 Å². The van der Waals surface area contributed by atoms with Crippen molar-refractivity contribution < 1.29 is 0 Å². The van der Waals surface area contributed by atoms with Gasteiger partial charge in [-0.3, -0.25) is 4.99 Å². The second-order valence-electron chi connectivity index (χ2n) is 7.51. The maximum absolute atomic E-state index is 4.84. The maximum atomic E-state index is 4.84. The Hall–Kier alpha value is -2.16. The molecule has 30 heavy (non-hydrogen) atoms. The minimum atomic E-state index is 0. The Kier molecular flexibility index (Phi) is 8.07. The number of guanidine groups is 1. The molecule has 0 radical (unpaired) electrons. The Bertz CT molecular complexity index is 991. The number of nitrogens with one attached hydrogen (secondary N) is 2. The Labute approximate surface area is 195 Å². The minimum absolute atomic E-state index is 0. The lowest BCUT2D eigenvalue weighted by Gasteiger charge is -2.25. The number of rotatable bonds is 6. The summed E-state index contributed by atoms with van der Waals surface area (Å²) >= 11 is 0. The van der Waals surface area contributed by atoms with Crippen LogP contribution in [-0.2, 0) is 25.8 Å². The van der Waals surface area contributed by atoms with Crippen molar-refractivity contribution >= 4 is 40.7 Å². The van der Waals surface area contributed by atoms with Crippen LogP contribution in [0.2, 0.25) is 0 Å². The number of hydrogen-bond acceptors (Lipinski definition) is 3. The van der Waals surface area contributed by atoms with Gasteiger partial charge in [0.05, 0.1) is 6.54 Å². The predicted octanol–water partition coefficient (Wildman–Crippen LogP) is 3.72. The van der Waals surface area contributed by atoms with Gasteiger partial charge in [-0.1, -0.05) is 49.4 Å². The molecule has 1 atom stereocenters. The van der Waals surface area contributed by atoms with Crippen LogP contribution in [0.5, 0.6) is 0 Å². The van der Waals surface area contributed by atoms with E-state index in [1.54, 1.807) is 0 Å². The lowest BCUT2D eigenvalue weighted by atomic mass is 10.0. The normalized spacial score (nSPS) is 16.1. The summed E-state index contributed by atoms with van der Waals surface area (Å²) in [7, 11) is 0. The molecule has 1 aromatic heterocycles. The van der Waals surface area contributed by atoms with E-state index in [2.05, 4.69) is 81.7 Å². The summed E-state index contributed by atoms with van der Waals surface area (Å²) in [5.41, 5.74) is 1.35. The van der Waals surface area contributed by atoms with Crippen LogP contribution >= 0.6 is 24.0 Å². The van der Waals surface area contributed by atoms with Crippen LogP contribution in [0.15, 0.2) is 47.5 Å². The average molecular weight is 518 g/mol. The molecule has 0 fully saturated rings. The number of aliphatic imine (C=N–C) groups is 1. The van der Waals surface area contributed by atoms with E-state index in [0.717, 1.165) is 62.9 Å². The van der Waals surface area contributed by atoms with Crippen LogP contribution in [0.25, 0.3) is 10.8 Å². The summed E-state index contributed by atoms with van der Waals surface area (Å²) in [6, 6.07) is 15.4. The first-order valence-corrected chi connectivity index (χ1v) is 10.7. The molecule has 7 heteroatoms. The topological polar surface area (TPSA) is 67.1 Å². The van der Waals surface area contributed by atoms with Crippen molar-refractivity contribution in [2.45, 2.75) is 52.1 Å². The van der Waals surface area contributed by atoms with Crippen LogP contribution < -0.4 is 10.6 Å². The van der Waals surface area contributed by atoms with E-state index in [1.807, 2.05) is 0 Å². The van der Waals surface area contributed by atoms with Gasteiger partial charge in [-0.05, 0) is 36.1 Å². The molecule has 6 nitrogen and oxygen atoms in total. The molecule has 0 aliphatic carbocycles. The number of aromatic nitrogens is 3. The van der Waals surface area contributed by atoms with Gasteiger partial charge in [-0.2, -0.15) is 5.10 Å². The lowest BCUT2D eigenvalue weighted by molar-refractivity contribution is 0.392. The Morgan fingerprint density at radius 1 is 1.17 bits per heavy atom. The van der Waals surface area contributed by atoms with Crippen LogP contribution in [0.4, 0.5) is 0 Å². The van der Waals surface area contributed by atoms with Crippen LogP contribution in [0.1, 0.15) is 37.5 Å². The zero-order valence-corrected chi connectivity index (χ0v) is 20.1. The molecule has 0 bridgehead atoms. The van der Waals surface area contributed by atoms with Gasteiger partial charge in [0.25, 0.3) is 0 Å². The predicted molar refractivity (Wildman–Crippen MR) is 134 cm³/mol. The third-order valence-electron chi connectivity index (χ3n) is 5.43. The van der Waals surface area contributed by atoms with Gasteiger partial charge in [-0.25, -0.2) is 9.67 Å². The second-order valence-corrected chi connectivity index (χ2v) is 7.51. The Balaban J connectivity index is 0.00000256. The number of fused-ring (bicyclic) bond motifs is 2. The molecule has 3 aromatic rings. The molecule has 4 rings (SSSR count). The van der Waals surface area contributed by atoms with E-state index in [-0.39, 0.29) is 24.0 Å².